The number of cyclic esters (lactones) is 1. The normalized spacial score (nSPS) is 27.3. The second-order valence-corrected chi connectivity index (χ2v) is 2.52. The molecule has 0 aromatic carbocycles. The molecule has 3 heteroatoms. The summed E-state index contributed by atoms with van der Waals surface area (Å²) in [6.45, 7) is 4.33. The highest BCUT2D eigenvalue weighted by Gasteiger charge is 2.25. The maximum atomic E-state index is 10.9. The molecule has 0 spiro atoms. The minimum Gasteiger partial charge on any atom is -0.501 e. The maximum absolute atomic E-state index is 10.9. The summed E-state index contributed by atoms with van der Waals surface area (Å²) in [5.74, 6) is -0.244. The fraction of sp³-hybridized carbons (Fsp3) is 0.625. The summed E-state index contributed by atoms with van der Waals surface area (Å²) >= 11 is 0. The van der Waals surface area contributed by atoms with Crippen LogP contribution in [0.5, 0.6) is 0 Å². The molecule has 1 fully saturated rings. The monoisotopic (exact) mass is 156 g/mol. The molecule has 0 N–H and O–H groups in total. The van der Waals surface area contributed by atoms with Crippen molar-refractivity contribution in [3.05, 3.63) is 11.8 Å². The Balaban J connectivity index is 2.52. The average Bonchev–Trinajstić information content (AvgIpc) is 2.26. The standard InChI is InChI=1S/C8H12O3/c1-3-10-5-7-4-6(2)11-8(7)9/h5-6H,3-4H2,1-2H3/b7-5-. The molecule has 0 saturated carbocycles. The quantitative estimate of drug-likeness (QED) is 0.343. The fourth-order valence-electron chi connectivity index (χ4n) is 0.973. The number of hydrogen-bond acceptors (Lipinski definition) is 3. The Morgan fingerprint density at radius 3 is 3.00 bits per heavy atom. The van der Waals surface area contributed by atoms with Gasteiger partial charge in [-0.1, -0.05) is 0 Å². The van der Waals surface area contributed by atoms with Gasteiger partial charge < -0.3 is 9.47 Å². The van der Waals surface area contributed by atoms with Gasteiger partial charge in [0, 0.05) is 6.42 Å². The van der Waals surface area contributed by atoms with Crippen LogP contribution in [-0.2, 0) is 14.3 Å². The van der Waals surface area contributed by atoms with Crippen molar-refractivity contribution in [3.63, 3.8) is 0 Å². The van der Waals surface area contributed by atoms with Crippen molar-refractivity contribution in [2.75, 3.05) is 6.61 Å². The molecule has 0 bridgehead atoms. The first kappa shape index (κ1) is 8.11. The van der Waals surface area contributed by atoms with E-state index in [1.54, 1.807) is 0 Å². The molecule has 0 amide bonds. The van der Waals surface area contributed by atoms with Gasteiger partial charge in [-0.15, -0.1) is 0 Å². The van der Waals surface area contributed by atoms with E-state index in [2.05, 4.69) is 0 Å². The van der Waals surface area contributed by atoms with E-state index >= 15 is 0 Å². The zero-order valence-electron chi connectivity index (χ0n) is 6.79. The zero-order valence-corrected chi connectivity index (χ0v) is 6.79. The third-order valence-corrected chi connectivity index (χ3v) is 1.47. The van der Waals surface area contributed by atoms with Crippen LogP contribution >= 0.6 is 0 Å². The lowest BCUT2D eigenvalue weighted by Gasteiger charge is -1.94. The number of carbonyl (C=O) groups excluding carboxylic acids is 1. The van der Waals surface area contributed by atoms with Gasteiger partial charge in [0.15, 0.2) is 0 Å². The first-order valence-corrected chi connectivity index (χ1v) is 3.75. The van der Waals surface area contributed by atoms with Gasteiger partial charge in [-0.25, -0.2) is 4.79 Å². The lowest BCUT2D eigenvalue weighted by molar-refractivity contribution is -0.138. The van der Waals surface area contributed by atoms with Gasteiger partial charge in [-0.2, -0.15) is 0 Å². The Morgan fingerprint density at radius 1 is 1.82 bits per heavy atom. The third-order valence-electron chi connectivity index (χ3n) is 1.47. The topological polar surface area (TPSA) is 35.5 Å². The smallest absolute Gasteiger partial charge is 0.337 e. The van der Waals surface area contributed by atoms with E-state index in [0.29, 0.717) is 18.6 Å². The molecule has 1 saturated heterocycles. The molecule has 0 radical (unpaired) electrons. The highest BCUT2D eigenvalue weighted by molar-refractivity contribution is 5.90. The molecule has 1 aliphatic heterocycles. The molecule has 1 aliphatic rings. The first-order valence-electron chi connectivity index (χ1n) is 3.75. The Morgan fingerprint density at radius 2 is 2.55 bits per heavy atom. The highest BCUT2D eigenvalue weighted by Crippen LogP contribution is 2.19. The number of ether oxygens (including phenoxy) is 2. The average molecular weight is 156 g/mol. The molecule has 11 heavy (non-hydrogen) atoms. The Bertz CT molecular complexity index is 184. The van der Waals surface area contributed by atoms with E-state index in [-0.39, 0.29) is 12.1 Å². The predicted octanol–water partition coefficient (Wildman–Crippen LogP) is 1.24. The third kappa shape index (κ3) is 1.97. The van der Waals surface area contributed by atoms with Crippen molar-refractivity contribution in [1.29, 1.82) is 0 Å². The molecule has 1 unspecified atom stereocenters. The van der Waals surface area contributed by atoms with Crippen LogP contribution in [0.15, 0.2) is 11.8 Å². The van der Waals surface area contributed by atoms with E-state index in [1.165, 1.54) is 6.26 Å². The van der Waals surface area contributed by atoms with E-state index in [9.17, 15) is 4.79 Å². The predicted molar refractivity (Wildman–Crippen MR) is 39.9 cm³/mol. The second-order valence-electron chi connectivity index (χ2n) is 2.52. The summed E-state index contributed by atoms with van der Waals surface area (Å²) in [4.78, 5) is 10.9. The van der Waals surface area contributed by atoms with E-state index in [4.69, 9.17) is 9.47 Å². The molecule has 1 atom stereocenters. The molecule has 0 aromatic rings. The zero-order chi connectivity index (χ0) is 8.27. The van der Waals surface area contributed by atoms with Crippen LogP contribution < -0.4 is 0 Å². The van der Waals surface area contributed by atoms with Gasteiger partial charge in [-0.05, 0) is 13.8 Å². The Kier molecular flexibility index (Phi) is 2.52. The van der Waals surface area contributed by atoms with Crippen molar-refractivity contribution in [1.82, 2.24) is 0 Å². The van der Waals surface area contributed by atoms with Crippen molar-refractivity contribution in [2.24, 2.45) is 0 Å². The lowest BCUT2D eigenvalue weighted by atomic mass is 10.2. The summed E-state index contributed by atoms with van der Waals surface area (Å²) in [5, 5.41) is 0. The molecule has 62 valence electrons. The number of carbonyl (C=O) groups is 1. The van der Waals surface area contributed by atoms with Crippen molar-refractivity contribution in [3.8, 4) is 0 Å². The molecule has 1 heterocycles. The van der Waals surface area contributed by atoms with E-state index in [0.717, 1.165) is 0 Å². The van der Waals surface area contributed by atoms with Crippen LogP contribution in [-0.4, -0.2) is 18.7 Å². The largest absolute Gasteiger partial charge is 0.501 e. The Hall–Kier alpha value is -0.990. The summed E-state index contributed by atoms with van der Waals surface area (Å²) in [5.41, 5.74) is 0.638. The molecule has 0 aromatic heterocycles. The molecular formula is C8H12O3. The van der Waals surface area contributed by atoms with Crippen molar-refractivity contribution in [2.45, 2.75) is 26.4 Å². The minimum absolute atomic E-state index is 0.00852. The van der Waals surface area contributed by atoms with Crippen LogP contribution in [0.4, 0.5) is 0 Å². The summed E-state index contributed by atoms with van der Waals surface area (Å²) in [6.07, 6.45) is 2.17. The second kappa shape index (κ2) is 3.42. The van der Waals surface area contributed by atoms with Crippen LogP contribution in [0.3, 0.4) is 0 Å². The van der Waals surface area contributed by atoms with Crippen LogP contribution in [0.1, 0.15) is 20.3 Å². The van der Waals surface area contributed by atoms with Gasteiger partial charge >= 0.3 is 5.97 Å². The van der Waals surface area contributed by atoms with Gasteiger partial charge in [0.1, 0.15) is 6.10 Å². The van der Waals surface area contributed by atoms with Gasteiger partial charge in [0.05, 0.1) is 18.4 Å². The van der Waals surface area contributed by atoms with Crippen LogP contribution in [0.2, 0.25) is 0 Å². The minimum atomic E-state index is -0.244. The summed E-state index contributed by atoms with van der Waals surface area (Å²) in [6, 6.07) is 0. The van der Waals surface area contributed by atoms with Crippen LogP contribution in [0.25, 0.3) is 0 Å². The van der Waals surface area contributed by atoms with Crippen molar-refractivity contribution >= 4 is 5.97 Å². The van der Waals surface area contributed by atoms with E-state index < -0.39 is 0 Å². The van der Waals surface area contributed by atoms with Crippen LogP contribution in [0, 0.1) is 0 Å². The maximum Gasteiger partial charge on any atom is 0.337 e. The molecule has 0 aliphatic carbocycles. The van der Waals surface area contributed by atoms with Gasteiger partial charge in [0.25, 0.3) is 0 Å². The molecule has 1 rings (SSSR count). The van der Waals surface area contributed by atoms with Gasteiger partial charge in [-0.3, -0.25) is 0 Å². The first-order chi connectivity index (χ1) is 5.24. The highest BCUT2D eigenvalue weighted by atomic mass is 16.6. The number of esters is 1. The van der Waals surface area contributed by atoms with Gasteiger partial charge in [0.2, 0.25) is 0 Å². The molecule has 3 nitrogen and oxygen atoms in total. The SMILES string of the molecule is CCO/C=C1/CC(C)OC1=O. The Labute approximate surface area is 66.0 Å². The number of hydrogen-bond donors (Lipinski definition) is 0. The molecular weight excluding hydrogens is 144 g/mol. The van der Waals surface area contributed by atoms with Crippen molar-refractivity contribution < 1.29 is 14.3 Å². The summed E-state index contributed by atoms with van der Waals surface area (Å²) < 4.78 is 9.86. The summed E-state index contributed by atoms with van der Waals surface area (Å²) in [7, 11) is 0. The lowest BCUT2D eigenvalue weighted by Crippen LogP contribution is -1.99. The fourth-order valence-corrected chi connectivity index (χ4v) is 0.973. The van der Waals surface area contributed by atoms with E-state index in [1.807, 2.05) is 13.8 Å². The number of rotatable bonds is 2.